The maximum atomic E-state index is 12.5. The van der Waals surface area contributed by atoms with Gasteiger partial charge in [-0.15, -0.1) is 0 Å². The molecule has 0 saturated carbocycles. The molecule has 3 aromatic rings. The van der Waals surface area contributed by atoms with Gasteiger partial charge in [0.25, 0.3) is 5.56 Å². The molecule has 0 aromatic carbocycles. The van der Waals surface area contributed by atoms with Gasteiger partial charge in [0, 0.05) is 47.2 Å². The van der Waals surface area contributed by atoms with Crippen LogP contribution in [0, 0.1) is 6.92 Å². The summed E-state index contributed by atoms with van der Waals surface area (Å²) in [5, 5.41) is 2.96. The van der Waals surface area contributed by atoms with Crippen LogP contribution in [0.5, 0.6) is 0 Å². The number of pyridine rings is 1. The number of hydrogen-bond acceptors (Lipinski definition) is 6. The van der Waals surface area contributed by atoms with E-state index in [0.717, 1.165) is 36.1 Å². The first-order valence-electron chi connectivity index (χ1n) is 9.37. The molecule has 9 heteroatoms. The van der Waals surface area contributed by atoms with E-state index in [9.17, 15) is 14.4 Å². The fourth-order valence-electron chi connectivity index (χ4n) is 3.46. The Morgan fingerprint density at radius 2 is 2.21 bits per heavy atom. The van der Waals surface area contributed by atoms with Crippen molar-refractivity contribution in [3.63, 3.8) is 0 Å². The van der Waals surface area contributed by atoms with Gasteiger partial charge < -0.3 is 5.32 Å². The summed E-state index contributed by atoms with van der Waals surface area (Å²) in [5.41, 5.74) is 1.96. The minimum absolute atomic E-state index is 0.170. The van der Waals surface area contributed by atoms with Crippen LogP contribution in [0.2, 0.25) is 0 Å². The van der Waals surface area contributed by atoms with Crippen molar-refractivity contribution in [1.82, 2.24) is 29.8 Å². The monoisotopic (exact) mass is 392 g/mol. The lowest BCUT2D eigenvalue weighted by molar-refractivity contribution is -0.122. The molecular formula is C20H20N6O3. The zero-order chi connectivity index (χ0) is 20.4. The Balaban J connectivity index is 1.52. The van der Waals surface area contributed by atoms with Crippen LogP contribution in [-0.2, 0) is 17.8 Å². The van der Waals surface area contributed by atoms with E-state index in [1.807, 2.05) is 12.1 Å². The smallest absolute Gasteiger partial charge is 0.328 e. The number of aryl methyl sites for hydroxylation is 2. The van der Waals surface area contributed by atoms with Gasteiger partial charge in [-0.25, -0.2) is 14.8 Å². The highest BCUT2D eigenvalue weighted by molar-refractivity contribution is 5.76. The minimum atomic E-state index is -0.607. The normalized spacial score (nSPS) is 15.6. The second-order valence-electron chi connectivity index (χ2n) is 7.05. The first kappa shape index (κ1) is 18.7. The van der Waals surface area contributed by atoms with Crippen LogP contribution >= 0.6 is 0 Å². The highest BCUT2D eigenvalue weighted by Gasteiger charge is 2.24. The Bertz CT molecular complexity index is 1170. The molecule has 2 N–H and O–H groups in total. The summed E-state index contributed by atoms with van der Waals surface area (Å²) in [4.78, 5) is 51.3. The molecule has 148 valence electrons. The van der Waals surface area contributed by atoms with Crippen LogP contribution in [0.25, 0.3) is 11.4 Å². The van der Waals surface area contributed by atoms with E-state index in [4.69, 9.17) is 0 Å². The number of nitrogens with one attached hydrogen (secondary N) is 2. The topological polar surface area (TPSA) is 123 Å². The van der Waals surface area contributed by atoms with Crippen molar-refractivity contribution in [2.24, 2.45) is 0 Å². The van der Waals surface area contributed by atoms with Crippen LogP contribution in [0.1, 0.15) is 35.7 Å². The molecule has 1 unspecified atom stereocenters. The van der Waals surface area contributed by atoms with Gasteiger partial charge in [0.05, 0.1) is 6.04 Å². The van der Waals surface area contributed by atoms with E-state index in [2.05, 4.69) is 25.3 Å². The summed E-state index contributed by atoms with van der Waals surface area (Å²) < 4.78 is 1.19. The van der Waals surface area contributed by atoms with Crippen molar-refractivity contribution in [2.75, 3.05) is 0 Å². The third-order valence-corrected chi connectivity index (χ3v) is 4.94. The molecule has 1 atom stereocenters. The van der Waals surface area contributed by atoms with E-state index in [1.54, 1.807) is 25.5 Å². The molecule has 1 aliphatic carbocycles. The summed E-state index contributed by atoms with van der Waals surface area (Å²) in [6, 6.07) is 3.52. The second-order valence-corrected chi connectivity index (χ2v) is 7.05. The third-order valence-electron chi connectivity index (χ3n) is 4.94. The Labute approximate surface area is 165 Å². The maximum absolute atomic E-state index is 12.5. The molecule has 0 spiro atoms. The molecule has 1 aliphatic rings. The Morgan fingerprint density at radius 3 is 3.00 bits per heavy atom. The van der Waals surface area contributed by atoms with E-state index < -0.39 is 11.2 Å². The lowest BCUT2D eigenvalue weighted by Gasteiger charge is -2.25. The van der Waals surface area contributed by atoms with Crippen LogP contribution in [0.15, 0.2) is 46.5 Å². The first-order valence-corrected chi connectivity index (χ1v) is 9.37. The molecule has 3 heterocycles. The van der Waals surface area contributed by atoms with Crippen molar-refractivity contribution >= 4 is 5.91 Å². The number of amides is 1. The molecule has 0 aliphatic heterocycles. The molecule has 4 rings (SSSR count). The van der Waals surface area contributed by atoms with Crippen LogP contribution < -0.4 is 16.6 Å². The summed E-state index contributed by atoms with van der Waals surface area (Å²) in [7, 11) is 0. The predicted octanol–water partition coefficient (Wildman–Crippen LogP) is 0.891. The molecule has 0 radical (unpaired) electrons. The second kappa shape index (κ2) is 7.78. The molecule has 3 aromatic heterocycles. The quantitative estimate of drug-likeness (QED) is 0.680. The largest absolute Gasteiger partial charge is 0.348 e. The summed E-state index contributed by atoms with van der Waals surface area (Å²) >= 11 is 0. The maximum Gasteiger partial charge on any atom is 0.328 e. The fraction of sp³-hybridized carbons (Fsp3) is 0.300. The van der Waals surface area contributed by atoms with Crippen molar-refractivity contribution in [3.8, 4) is 11.4 Å². The van der Waals surface area contributed by atoms with Gasteiger partial charge in [-0.1, -0.05) is 0 Å². The van der Waals surface area contributed by atoms with Crippen molar-refractivity contribution in [1.29, 1.82) is 0 Å². The minimum Gasteiger partial charge on any atom is -0.348 e. The average Bonchev–Trinajstić information content (AvgIpc) is 2.72. The van der Waals surface area contributed by atoms with Crippen LogP contribution in [0.4, 0.5) is 0 Å². The summed E-state index contributed by atoms with van der Waals surface area (Å²) in [6.07, 6.45) is 9.03. The predicted molar refractivity (Wildman–Crippen MR) is 105 cm³/mol. The molecule has 1 amide bonds. The number of fused-ring (bicyclic) bond motifs is 1. The van der Waals surface area contributed by atoms with Gasteiger partial charge in [0.1, 0.15) is 6.54 Å². The van der Waals surface area contributed by atoms with E-state index in [-0.39, 0.29) is 18.5 Å². The number of hydrogen-bond donors (Lipinski definition) is 2. The van der Waals surface area contributed by atoms with Crippen LogP contribution in [-0.4, -0.2) is 30.4 Å². The number of nitrogens with zero attached hydrogens (tertiary/aromatic N) is 4. The highest BCUT2D eigenvalue weighted by atomic mass is 16.2. The van der Waals surface area contributed by atoms with Crippen molar-refractivity contribution in [2.45, 2.75) is 38.8 Å². The van der Waals surface area contributed by atoms with Crippen molar-refractivity contribution in [3.05, 3.63) is 74.6 Å². The Kier molecular flexibility index (Phi) is 5.03. The molecule has 0 saturated heterocycles. The van der Waals surface area contributed by atoms with E-state index in [1.165, 1.54) is 10.8 Å². The molecule has 29 heavy (non-hydrogen) atoms. The first-order chi connectivity index (χ1) is 14.0. The van der Waals surface area contributed by atoms with E-state index in [0.29, 0.717) is 11.4 Å². The SMILES string of the molecule is Cc1cn(CC(=O)NC2CCCc3nc(-c4cccnc4)ncc32)c(=O)[nH]c1=O. The number of aromatic nitrogens is 5. The fourth-order valence-corrected chi connectivity index (χ4v) is 3.46. The average molecular weight is 392 g/mol. The molecule has 9 nitrogen and oxygen atoms in total. The lowest BCUT2D eigenvalue weighted by atomic mass is 9.92. The van der Waals surface area contributed by atoms with Gasteiger partial charge in [-0.3, -0.25) is 24.1 Å². The van der Waals surface area contributed by atoms with Gasteiger partial charge in [0.2, 0.25) is 5.91 Å². The number of H-pyrrole nitrogens is 1. The van der Waals surface area contributed by atoms with E-state index >= 15 is 0 Å². The Hall–Kier alpha value is -3.62. The van der Waals surface area contributed by atoms with Gasteiger partial charge in [-0.05, 0) is 38.3 Å². The standard InChI is InChI=1S/C20H20N6O3/c1-12-10-26(20(29)25-19(12)28)11-17(27)23-15-5-2-6-16-14(15)9-22-18(24-16)13-4-3-7-21-8-13/h3-4,7-10,15H,2,5-6,11H2,1H3,(H,23,27)(H,25,28,29). The third kappa shape index (κ3) is 3.98. The number of carbonyl (C=O) groups is 1. The van der Waals surface area contributed by atoms with Gasteiger partial charge in [0.15, 0.2) is 5.82 Å². The molecule has 0 bridgehead atoms. The highest BCUT2D eigenvalue weighted by Crippen LogP contribution is 2.29. The van der Waals surface area contributed by atoms with Crippen molar-refractivity contribution < 1.29 is 4.79 Å². The summed E-state index contributed by atoms with van der Waals surface area (Å²) in [5.74, 6) is 0.298. The number of rotatable bonds is 4. The molecule has 0 fully saturated rings. The molecular weight excluding hydrogens is 372 g/mol. The van der Waals surface area contributed by atoms with Gasteiger partial charge in [-0.2, -0.15) is 0 Å². The van der Waals surface area contributed by atoms with Crippen LogP contribution in [0.3, 0.4) is 0 Å². The zero-order valence-corrected chi connectivity index (χ0v) is 15.9. The number of carbonyl (C=O) groups excluding carboxylic acids is 1. The zero-order valence-electron chi connectivity index (χ0n) is 15.9. The lowest BCUT2D eigenvalue weighted by Crippen LogP contribution is -2.38. The number of aromatic amines is 1. The summed E-state index contributed by atoms with van der Waals surface area (Å²) in [6.45, 7) is 1.41. The van der Waals surface area contributed by atoms with Gasteiger partial charge >= 0.3 is 5.69 Å². The Morgan fingerprint density at radius 1 is 1.34 bits per heavy atom.